The first-order valence-corrected chi connectivity index (χ1v) is 6.58. The van der Waals surface area contributed by atoms with Crippen LogP contribution in [0.25, 0.3) is 0 Å². The second kappa shape index (κ2) is 4.98. The van der Waals surface area contributed by atoms with Crippen LogP contribution in [0.4, 0.5) is 8.78 Å². The van der Waals surface area contributed by atoms with E-state index in [-0.39, 0.29) is 9.79 Å². The van der Waals surface area contributed by atoms with Crippen molar-refractivity contribution in [1.29, 1.82) is 0 Å². The van der Waals surface area contributed by atoms with Gasteiger partial charge in [-0.05, 0) is 49.2 Å². The predicted octanol–water partition coefficient (Wildman–Crippen LogP) is 3.75. The SMILES string of the molecule is Cc1ccc(S(=O)c2ccc(C)cc2F)c(F)c1. The summed E-state index contributed by atoms with van der Waals surface area (Å²) in [5.41, 5.74) is 1.47. The molecule has 2 aromatic rings. The Hall–Kier alpha value is -1.55. The van der Waals surface area contributed by atoms with E-state index in [9.17, 15) is 13.0 Å². The van der Waals surface area contributed by atoms with Crippen LogP contribution in [0, 0.1) is 25.5 Å². The summed E-state index contributed by atoms with van der Waals surface area (Å²) in [6, 6.07) is 8.75. The standard InChI is InChI=1S/C14H12F2OS/c1-9-3-5-13(11(15)7-9)18(17)14-6-4-10(2)8-12(14)16/h3-8H,1-2H3. The van der Waals surface area contributed by atoms with Crippen molar-refractivity contribution >= 4 is 10.8 Å². The summed E-state index contributed by atoms with van der Waals surface area (Å²) >= 11 is 0. The van der Waals surface area contributed by atoms with Crippen molar-refractivity contribution in [2.24, 2.45) is 0 Å². The molecule has 0 heterocycles. The summed E-state index contributed by atoms with van der Waals surface area (Å²) in [4.78, 5) is 0.00621. The van der Waals surface area contributed by atoms with Crippen LogP contribution in [0.3, 0.4) is 0 Å². The summed E-state index contributed by atoms with van der Waals surface area (Å²) in [6.45, 7) is 3.48. The normalized spacial score (nSPS) is 10.9. The fourth-order valence-corrected chi connectivity index (χ4v) is 2.72. The minimum Gasteiger partial charge on any atom is -0.249 e. The number of hydrogen-bond acceptors (Lipinski definition) is 1. The fourth-order valence-electron chi connectivity index (χ4n) is 1.63. The first-order valence-electron chi connectivity index (χ1n) is 5.43. The molecule has 18 heavy (non-hydrogen) atoms. The van der Waals surface area contributed by atoms with Crippen molar-refractivity contribution in [2.75, 3.05) is 0 Å². The van der Waals surface area contributed by atoms with Gasteiger partial charge in [0, 0.05) is 0 Å². The van der Waals surface area contributed by atoms with E-state index in [1.54, 1.807) is 26.0 Å². The molecule has 4 heteroatoms. The van der Waals surface area contributed by atoms with E-state index in [1.165, 1.54) is 24.3 Å². The van der Waals surface area contributed by atoms with Crippen LogP contribution in [0.1, 0.15) is 11.1 Å². The zero-order chi connectivity index (χ0) is 13.3. The van der Waals surface area contributed by atoms with E-state index >= 15 is 0 Å². The Morgan fingerprint density at radius 1 is 0.833 bits per heavy atom. The van der Waals surface area contributed by atoms with Gasteiger partial charge in [-0.15, -0.1) is 0 Å². The van der Waals surface area contributed by atoms with Gasteiger partial charge in [-0.3, -0.25) is 0 Å². The van der Waals surface area contributed by atoms with E-state index < -0.39 is 22.4 Å². The van der Waals surface area contributed by atoms with Gasteiger partial charge in [0.05, 0.1) is 20.6 Å². The predicted molar refractivity (Wildman–Crippen MR) is 66.9 cm³/mol. The highest BCUT2D eigenvalue weighted by molar-refractivity contribution is 7.85. The zero-order valence-corrected chi connectivity index (χ0v) is 10.9. The van der Waals surface area contributed by atoms with E-state index in [0.717, 1.165) is 11.1 Å². The number of halogens is 2. The highest BCUT2D eigenvalue weighted by Gasteiger charge is 2.16. The van der Waals surface area contributed by atoms with E-state index in [4.69, 9.17) is 0 Å². The Bertz CT molecular complexity index is 570. The quantitative estimate of drug-likeness (QED) is 0.809. The molecule has 0 amide bonds. The molecule has 0 atom stereocenters. The third kappa shape index (κ3) is 2.48. The maximum Gasteiger partial charge on any atom is 0.139 e. The van der Waals surface area contributed by atoms with Gasteiger partial charge < -0.3 is 0 Å². The third-order valence-electron chi connectivity index (χ3n) is 2.57. The smallest absolute Gasteiger partial charge is 0.139 e. The molecule has 0 unspecified atom stereocenters. The van der Waals surface area contributed by atoms with E-state index in [0.29, 0.717) is 0 Å². The van der Waals surface area contributed by atoms with Gasteiger partial charge in [-0.1, -0.05) is 12.1 Å². The summed E-state index contributed by atoms with van der Waals surface area (Å²) in [5.74, 6) is -1.15. The second-order valence-corrected chi connectivity index (χ2v) is 5.55. The van der Waals surface area contributed by atoms with Crippen molar-refractivity contribution < 1.29 is 13.0 Å². The first kappa shape index (κ1) is 12.9. The van der Waals surface area contributed by atoms with Crippen LogP contribution in [-0.4, -0.2) is 4.21 Å². The summed E-state index contributed by atoms with van der Waals surface area (Å²) < 4.78 is 39.5. The molecular weight excluding hydrogens is 254 g/mol. The summed E-state index contributed by atoms with van der Waals surface area (Å²) in [6.07, 6.45) is 0. The molecule has 0 aliphatic carbocycles. The van der Waals surface area contributed by atoms with Crippen molar-refractivity contribution in [3.05, 3.63) is 59.2 Å². The first-order chi connectivity index (χ1) is 8.49. The maximum atomic E-state index is 13.7. The average molecular weight is 266 g/mol. The Morgan fingerprint density at radius 2 is 1.22 bits per heavy atom. The van der Waals surface area contributed by atoms with Crippen molar-refractivity contribution in [3.8, 4) is 0 Å². The summed E-state index contributed by atoms with van der Waals surface area (Å²) in [7, 11) is -1.84. The van der Waals surface area contributed by atoms with Gasteiger partial charge in [-0.25, -0.2) is 13.0 Å². The molecule has 0 aliphatic heterocycles. The number of aryl methyl sites for hydroxylation is 2. The number of benzene rings is 2. The lowest BCUT2D eigenvalue weighted by atomic mass is 10.2. The van der Waals surface area contributed by atoms with E-state index in [1.807, 2.05) is 0 Å². The molecule has 0 N–H and O–H groups in total. The van der Waals surface area contributed by atoms with Gasteiger partial charge >= 0.3 is 0 Å². The Balaban J connectivity index is 2.48. The second-order valence-electron chi connectivity index (χ2n) is 4.14. The highest BCUT2D eigenvalue weighted by Crippen LogP contribution is 2.23. The lowest BCUT2D eigenvalue weighted by molar-refractivity contribution is 0.583. The minimum absolute atomic E-state index is 0.00310. The average Bonchev–Trinajstić information content (AvgIpc) is 2.28. The Kier molecular flexibility index (Phi) is 3.57. The van der Waals surface area contributed by atoms with Gasteiger partial charge in [0.2, 0.25) is 0 Å². The summed E-state index contributed by atoms with van der Waals surface area (Å²) in [5, 5.41) is 0. The van der Waals surface area contributed by atoms with Crippen LogP contribution in [0.15, 0.2) is 46.2 Å². The van der Waals surface area contributed by atoms with Crippen LogP contribution in [-0.2, 0) is 10.8 Å². The molecule has 0 fully saturated rings. The fraction of sp³-hybridized carbons (Fsp3) is 0.143. The molecule has 2 aromatic carbocycles. The Labute approximate surface area is 107 Å². The van der Waals surface area contributed by atoms with Crippen LogP contribution in [0.5, 0.6) is 0 Å². The van der Waals surface area contributed by atoms with Gasteiger partial charge in [0.1, 0.15) is 11.6 Å². The monoisotopic (exact) mass is 266 g/mol. The van der Waals surface area contributed by atoms with Crippen molar-refractivity contribution in [1.82, 2.24) is 0 Å². The number of hydrogen-bond donors (Lipinski definition) is 0. The minimum atomic E-state index is -1.84. The highest BCUT2D eigenvalue weighted by atomic mass is 32.2. The molecule has 94 valence electrons. The molecule has 1 nitrogen and oxygen atoms in total. The van der Waals surface area contributed by atoms with Crippen LogP contribution >= 0.6 is 0 Å². The molecule has 0 aliphatic rings. The third-order valence-corrected chi connectivity index (χ3v) is 4.04. The van der Waals surface area contributed by atoms with E-state index in [2.05, 4.69) is 0 Å². The Morgan fingerprint density at radius 3 is 1.56 bits per heavy atom. The van der Waals surface area contributed by atoms with Crippen molar-refractivity contribution in [3.63, 3.8) is 0 Å². The van der Waals surface area contributed by atoms with Crippen molar-refractivity contribution in [2.45, 2.75) is 23.6 Å². The topological polar surface area (TPSA) is 17.1 Å². The molecule has 0 saturated carbocycles. The van der Waals surface area contributed by atoms with Gasteiger partial charge in [-0.2, -0.15) is 0 Å². The molecule has 0 bridgehead atoms. The molecule has 0 saturated heterocycles. The van der Waals surface area contributed by atoms with Gasteiger partial charge in [0.15, 0.2) is 0 Å². The van der Waals surface area contributed by atoms with Crippen LogP contribution in [0.2, 0.25) is 0 Å². The van der Waals surface area contributed by atoms with Gasteiger partial charge in [0.25, 0.3) is 0 Å². The largest absolute Gasteiger partial charge is 0.249 e. The molecule has 0 aromatic heterocycles. The molecule has 2 rings (SSSR count). The zero-order valence-electron chi connectivity index (χ0n) is 10.0. The lowest BCUT2D eigenvalue weighted by Crippen LogP contribution is -2.00. The molecule has 0 radical (unpaired) electrons. The molecule has 0 spiro atoms. The van der Waals surface area contributed by atoms with Crippen LogP contribution < -0.4 is 0 Å². The molecular formula is C14H12F2OS. The maximum absolute atomic E-state index is 13.7. The number of rotatable bonds is 2. The lowest BCUT2D eigenvalue weighted by Gasteiger charge is -2.06.